The lowest BCUT2D eigenvalue weighted by molar-refractivity contribution is 0.0949. The number of aromatic nitrogens is 2. The van der Waals surface area contributed by atoms with Crippen LogP contribution in [0.25, 0.3) is 21.8 Å². The van der Waals surface area contributed by atoms with Gasteiger partial charge in [0.1, 0.15) is 5.69 Å². The van der Waals surface area contributed by atoms with Crippen LogP contribution in [0.2, 0.25) is 0 Å². The number of rotatable bonds is 4. The van der Waals surface area contributed by atoms with Gasteiger partial charge in [-0.05, 0) is 37.1 Å². The number of hydrogen-bond acceptors (Lipinski definition) is 2. The molecule has 0 radical (unpaired) electrons. The third kappa shape index (κ3) is 2.88. The van der Waals surface area contributed by atoms with E-state index in [-0.39, 0.29) is 17.0 Å². The Kier molecular flexibility index (Phi) is 4.05. The zero-order valence-corrected chi connectivity index (χ0v) is 14.4. The molecule has 0 aliphatic rings. The molecule has 5 heteroatoms. The van der Waals surface area contributed by atoms with E-state index in [9.17, 15) is 9.59 Å². The number of amides is 1. The van der Waals surface area contributed by atoms with Crippen LogP contribution in [-0.2, 0) is 6.42 Å². The number of hydrogen-bond donors (Lipinski definition) is 3. The summed E-state index contributed by atoms with van der Waals surface area (Å²) in [5.41, 5.74) is 4.21. The van der Waals surface area contributed by atoms with E-state index in [0.29, 0.717) is 17.4 Å². The normalized spacial score (nSPS) is 11.1. The van der Waals surface area contributed by atoms with E-state index in [2.05, 4.69) is 21.4 Å². The van der Waals surface area contributed by atoms with Gasteiger partial charge in [-0.3, -0.25) is 9.59 Å². The van der Waals surface area contributed by atoms with Crippen LogP contribution in [0, 0.1) is 6.92 Å². The summed E-state index contributed by atoms with van der Waals surface area (Å²) in [6.07, 6.45) is 0.722. The molecule has 0 saturated heterocycles. The third-order valence-corrected chi connectivity index (χ3v) is 4.67. The van der Waals surface area contributed by atoms with Crippen molar-refractivity contribution in [1.29, 1.82) is 0 Å². The summed E-state index contributed by atoms with van der Waals surface area (Å²) in [5.74, 6) is -0.273. The van der Waals surface area contributed by atoms with Gasteiger partial charge in [0.05, 0.1) is 0 Å². The smallest absolute Gasteiger partial charge is 0.267 e. The Hall–Kier alpha value is -3.34. The molecule has 0 aliphatic carbocycles. The van der Waals surface area contributed by atoms with Crippen LogP contribution in [0.15, 0.2) is 59.4 Å². The van der Waals surface area contributed by atoms with E-state index in [1.807, 2.05) is 31.2 Å². The number of aryl methyl sites for hydroxylation is 1. The van der Waals surface area contributed by atoms with Crippen molar-refractivity contribution in [1.82, 2.24) is 15.3 Å². The van der Waals surface area contributed by atoms with Gasteiger partial charge in [-0.2, -0.15) is 0 Å². The number of H-pyrrole nitrogens is 2. The van der Waals surface area contributed by atoms with Gasteiger partial charge < -0.3 is 15.3 Å². The summed E-state index contributed by atoms with van der Waals surface area (Å²) >= 11 is 0. The zero-order valence-electron chi connectivity index (χ0n) is 14.4. The number of benzene rings is 2. The summed E-state index contributed by atoms with van der Waals surface area (Å²) in [4.78, 5) is 31.0. The van der Waals surface area contributed by atoms with Crippen LogP contribution in [0.4, 0.5) is 0 Å². The lowest BCUT2D eigenvalue weighted by Gasteiger charge is -2.07. The van der Waals surface area contributed by atoms with Crippen molar-refractivity contribution in [2.45, 2.75) is 13.3 Å². The highest BCUT2D eigenvalue weighted by molar-refractivity contribution is 5.94. The third-order valence-electron chi connectivity index (χ3n) is 4.67. The summed E-state index contributed by atoms with van der Waals surface area (Å²) in [6.45, 7) is 2.54. The molecule has 0 saturated carbocycles. The Morgan fingerprint density at radius 2 is 1.62 bits per heavy atom. The Morgan fingerprint density at radius 3 is 2.38 bits per heavy atom. The van der Waals surface area contributed by atoms with Crippen LogP contribution in [0.3, 0.4) is 0 Å². The predicted octanol–water partition coefficient (Wildman–Crippen LogP) is 3.29. The van der Waals surface area contributed by atoms with Crippen molar-refractivity contribution < 1.29 is 4.79 Å². The second kappa shape index (κ2) is 6.52. The highest BCUT2D eigenvalue weighted by atomic mass is 16.2. The van der Waals surface area contributed by atoms with Gasteiger partial charge >= 0.3 is 0 Å². The van der Waals surface area contributed by atoms with E-state index in [1.54, 1.807) is 18.2 Å². The van der Waals surface area contributed by atoms with Crippen molar-refractivity contribution in [2.24, 2.45) is 0 Å². The highest BCUT2D eigenvalue weighted by Crippen LogP contribution is 2.21. The summed E-state index contributed by atoms with van der Waals surface area (Å²) in [5, 5.41) is 4.66. The molecule has 4 aromatic rings. The average molecular weight is 345 g/mol. The molecule has 26 heavy (non-hydrogen) atoms. The zero-order chi connectivity index (χ0) is 18.1. The van der Waals surface area contributed by atoms with Crippen LogP contribution in [-0.4, -0.2) is 22.4 Å². The van der Waals surface area contributed by atoms with E-state index in [1.165, 1.54) is 17.0 Å². The lowest BCUT2D eigenvalue weighted by atomic mass is 10.1. The van der Waals surface area contributed by atoms with E-state index < -0.39 is 0 Å². The fourth-order valence-electron chi connectivity index (χ4n) is 3.37. The first-order valence-corrected chi connectivity index (χ1v) is 8.60. The maximum absolute atomic E-state index is 12.4. The number of para-hydroxylation sites is 2. The molecule has 4 rings (SSSR count). The molecule has 2 heterocycles. The van der Waals surface area contributed by atoms with Gasteiger partial charge in [-0.25, -0.2) is 0 Å². The minimum Gasteiger partial charge on any atom is -0.358 e. The fraction of sp³-hybridized carbons (Fsp3) is 0.143. The Labute approximate surface area is 150 Å². The fourth-order valence-corrected chi connectivity index (χ4v) is 3.37. The molecule has 0 unspecified atom stereocenters. The van der Waals surface area contributed by atoms with Crippen molar-refractivity contribution in [2.75, 3.05) is 6.54 Å². The second-order valence-electron chi connectivity index (χ2n) is 6.37. The summed E-state index contributed by atoms with van der Waals surface area (Å²) in [6, 6.07) is 16.7. The molecule has 2 aromatic carbocycles. The number of pyridine rings is 1. The van der Waals surface area contributed by atoms with E-state index in [0.717, 1.165) is 17.6 Å². The average Bonchev–Trinajstić information content (AvgIpc) is 2.97. The van der Waals surface area contributed by atoms with Gasteiger partial charge in [0.15, 0.2) is 5.43 Å². The van der Waals surface area contributed by atoms with E-state index in [4.69, 9.17) is 0 Å². The molecule has 1 amide bonds. The molecule has 0 aliphatic heterocycles. The first kappa shape index (κ1) is 16.1. The van der Waals surface area contributed by atoms with Crippen molar-refractivity contribution in [3.8, 4) is 0 Å². The highest BCUT2D eigenvalue weighted by Gasteiger charge is 2.11. The maximum atomic E-state index is 12.4. The molecule has 2 aromatic heterocycles. The Morgan fingerprint density at radius 1 is 0.962 bits per heavy atom. The predicted molar refractivity (Wildman–Crippen MR) is 104 cm³/mol. The first-order chi connectivity index (χ1) is 12.6. The monoisotopic (exact) mass is 345 g/mol. The quantitative estimate of drug-likeness (QED) is 0.531. The Balaban J connectivity index is 1.50. The van der Waals surface area contributed by atoms with Crippen molar-refractivity contribution in [3.63, 3.8) is 0 Å². The largest absolute Gasteiger partial charge is 0.358 e. The first-order valence-electron chi connectivity index (χ1n) is 8.60. The lowest BCUT2D eigenvalue weighted by Crippen LogP contribution is -2.27. The minimum absolute atomic E-state index is 0.156. The van der Waals surface area contributed by atoms with Gasteiger partial charge in [-0.15, -0.1) is 0 Å². The number of aromatic amines is 2. The van der Waals surface area contributed by atoms with Crippen LogP contribution >= 0.6 is 0 Å². The van der Waals surface area contributed by atoms with Gasteiger partial charge in [0.25, 0.3) is 5.91 Å². The maximum Gasteiger partial charge on any atom is 0.267 e. The molecular weight excluding hydrogens is 326 g/mol. The number of carbonyl (C=O) groups excluding carboxylic acids is 1. The minimum atomic E-state index is -0.273. The molecule has 0 fully saturated rings. The number of carbonyl (C=O) groups is 1. The van der Waals surface area contributed by atoms with E-state index >= 15 is 0 Å². The van der Waals surface area contributed by atoms with Crippen LogP contribution in [0.1, 0.15) is 21.7 Å². The molecule has 0 bridgehead atoms. The van der Waals surface area contributed by atoms with Crippen molar-refractivity contribution >= 4 is 27.7 Å². The van der Waals surface area contributed by atoms with Crippen LogP contribution < -0.4 is 10.7 Å². The van der Waals surface area contributed by atoms with Gasteiger partial charge in [-0.1, -0.05) is 30.3 Å². The van der Waals surface area contributed by atoms with Crippen molar-refractivity contribution in [3.05, 3.63) is 81.8 Å². The topological polar surface area (TPSA) is 77.8 Å². The van der Waals surface area contributed by atoms with Gasteiger partial charge in [0, 0.05) is 40.1 Å². The SMILES string of the molecule is Cc1[nH]c2ccccc2c1CCNC(=O)c1cc(=O)c2ccccc2[nH]1. The Bertz CT molecular complexity index is 1170. The molecule has 5 nitrogen and oxygen atoms in total. The molecule has 130 valence electrons. The molecule has 0 spiro atoms. The van der Waals surface area contributed by atoms with Crippen LogP contribution in [0.5, 0.6) is 0 Å². The number of nitrogens with one attached hydrogen (secondary N) is 3. The summed E-state index contributed by atoms with van der Waals surface area (Å²) in [7, 11) is 0. The molecule has 3 N–H and O–H groups in total. The molecule has 0 atom stereocenters. The van der Waals surface area contributed by atoms with Gasteiger partial charge in [0.2, 0.25) is 0 Å². The summed E-state index contributed by atoms with van der Waals surface area (Å²) < 4.78 is 0. The second-order valence-corrected chi connectivity index (χ2v) is 6.37. The number of fused-ring (bicyclic) bond motifs is 2. The standard InChI is InChI=1S/C21H19N3O2/c1-13-14(15-6-2-4-8-17(15)23-13)10-11-22-21(26)19-12-20(25)16-7-3-5-9-18(16)24-19/h2-9,12,23H,10-11H2,1H3,(H,22,26)(H,24,25). The molecular formula is C21H19N3O2.